The molecule has 1 unspecified atom stereocenters. The zero-order valence-corrected chi connectivity index (χ0v) is 10.9. The molecule has 1 aromatic carbocycles. The van der Waals surface area contributed by atoms with Gasteiger partial charge in [0, 0.05) is 17.9 Å². The standard InChI is InChI=1S/C11H15FN2O3S/c1-7(6-18(2,16)17)14-11(15)8-3-4-10(13)9(12)5-8/h3-5,7H,6,13H2,1-2H3,(H,14,15). The van der Waals surface area contributed by atoms with Crippen LogP contribution in [0.1, 0.15) is 17.3 Å². The number of anilines is 1. The molecule has 1 amide bonds. The van der Waals surface area contributed by atoms with Crippen molar-refractivity contribution in [3.05, 3.63) is 29.6 Å². The molecule has 0 saturated carbocycles. The number of nitrogen functional groups attached to an aromatic ring is 1. The minimum atomic E-state index is -3.17. The summed E-state index contributed by atoms with van der Waals surface area (Å²) in [5, 5.41) is 2.47. The van der Waals surface area contributed by atoms with Crippen LogP contribution in [0.4, 0.5) is 10.1 Å². The molecular formula is C11H15FN2O3S. The van der Waals surface area contributed by atoms with Gasteiger partial charge in [-0.05, 0) is 25.1 Å². The van der Waals surface area contributed by atoms with Gasteiger partial charge in [0.05, 0.1) is 11.4 Å². The highest BCUT2D eigenvalue weighted by atomic mass is 32.2. The van der Waals surface area contributed by atoms with E-state index < -0.39 is 27.6 Å². The van der Waals surface area contributed by atoms with Crippen molar-refractivity contribution in [2.24, 2.45) is 0 Å². The molecule has 0 spiro atoms. The highest BCUT2D eigenvalue weighted by Crippen LogP contribution is 2.12. The van der Waals surface area contributed by atoms with Crippen molar-refractivity contribution >= 4 is 21.4 Å². The number of rotatable bonds is 4. The summed E-state index contributed by atoms with van der Waals surface area (Å²) in [6, 6.07) is 3.12. The zero-order chi connectivity index (χ0) is 13.9. The Labute approximate surface area is 105 Å². The smallest absolute Gasteiger partial charge is 0.251 e. The second-order valence-electron chi connectivity index (χ2n) is 4.20. The van der Waals surface area contributed by atoms with Crippen molar-refractivity contribution in [1.29, 1.82) is 0 Å². The van der Waals surface area contributed by atoms with E-state index in [-0.39, 0.29) is 17.0 Å². The van der Waals surface area contributed by atoms with E-state index in [0.717, 1.165) is 12.3 Å². The Kier molecular flexibility index (Phi) is 4.28. The number of sulfone groups is 1. The first-order valence-electron chi connectivity index (χ1n) is 5.22. The van der Waals surface area contributed by atoms with Gasteiger partial charge in [-0.25, -0.2) is 12.8 Å². The Balaban J connectivity index is 2.73. The quantitative estimate of drug-likeness (QED) is 0.786. The third-order valence-corrected chi connectivity index (χ3v) is 3.30. The summed E-state index contributed by atoms with van der Waals surface area (Å²) in [7, 11) is -3.17. The summed E-state index contributed by atoms with van der Waals surface area (Å²) < 4.78 is 35.2. The first-order valence-corrected chi connectivity index (χ1v) is 7.28. The molecule has 0 aliphatic rings. The Morgan fingerprint density at radius 3 is 2.61 bits per heavy atom. The van der Waals surface area contributed by atoms with E-state index >= 15 is 0 Å². The molecular weight excluding hydrogens is 259 g/mol. The number of hydrogen-bond donors (Lipinski definition) is 2. The Bertz CT molecular complexity index is 557. The van der Waals surface area contributed by atoms with Crippen molar-refractivity contribution in [3.8, 4) is 0 Å². The van der Waals surface area contributed by atoms with Gasteiger partial charge in [-0.2, -0.15) is 0 Å². The number of benzene rings is 1. The fraction of sp³-hybridized carbons (Fsp3) is 0.364. The van der Waals surface area contributed by atoms with Gasteiger partial charge in [-0.3, -0.25) is 4.79 Å². The van der Waals surface area contributed by atoms with Crippen molar-refractivity contribution in [2.75, 3.05) is 17.7 Å². The van der Waals surface area contributed by atoms with Crippen LogP contribution < -0.4 is 11.1 Å². The number of nitrogens with one attached hydrogen (secondary N) is 1. The predicted octanol–water partition coefficient (Wildman–Crippen LogP) is 0.571. The van der Waals surface area contributed by atoms with E-state index in [2.05, 4.69) is 5.32 Å². The van der Waals surface area contributed by atoms with Gasteiger partial charge in [0.15, 0.2) is 0 Å². The van der Waals surface area contributed by atoms with Crippen molar-refractivity contribution in [3.63, 3.8) is 0 Å². The molecule has 1 rings (SSSR count). The molecule has 18 heavy (non-hydrogen) atoms. The molecule has 0 aliphatic carbocycles. The zero-order valence-electron chi connectivity index (χ0n) is 10.1. The molecule has 7 heteroatoms. The molecule has 1 aromatic rings. The van der Waals surface area contributed by atoms with Gasteiger partial charge < -0.3 is 11.1 Å². The van der Waals surface area contributed by atoms with Gasteiger partial charge in [0.2, 0.25) is 0 Å². The number of hydrogen-bond acceptors (Lipinski definition) is 4. The highest BCUT2D eigenvalue weighted by Gasteiger charge is 2.15. The first kappa shape index (κ1) is 14.4. The van der Waals surface area contributed by atoms with E-state index in [0.29, 0.717) is 0 Å². The lowest BCUT2D eigenvalue weighted by Gasteiger charge is -2.12. The van der Waals surface area contributed by atoms with E-state index in [4.69, 9.17) is 5.73 Å². The molecule has 0 bridgehead atoms. The summed E-state index contributed by atoms with van der Waals surface area (Å²) in [4.78, 5) is 11.7. The summed E-state index contributed by atoms with van der Waals surface area (Å²) in [6.07, 6.45) is 1.08. The number of carbonyl (C=O) groups excluding carboxylic acids is 1. The maximum absolute atomic E-state index is 13.1. The summed E-state index contributed by atoms with van der Waals surface area (Å²) in [5.74, 6) is -1.39. The van der Waals surface area contributed by atoms with Crippen LogP contribution in [-0.4, -0.2) is 32.4 Å². The van der Waals surface area contributed by atoms with Gasteiger partial charge in [0.25, 0.3) is 5.91 Å². The molecule has 0 fully saturated rings. The van der Waals surface area contributed by atoms with Crippen molar-refractivity contribution in [2.45, 2.75) is 13.0 Å². The Hall–Kier alpha value is -1.63. The number of nitrogens with two attached hydrogens (primary N) is 1. The predicted molar refractivity (Wildman–Crippen MR) is 67.5 cm³/mol. The molecule has 0 aliphatic heterocycles. The minimum Gasteiger partial charge on any atom is -0.396 e. The van der Waals surface area contributed by atoms with Gasteiger partial charge >= 0.3 is 0 Å². The molecule has 100 valence electrons. The highest BCUT2D eigenvalue weighted by molar-refractivity contribution is 7.90. The molecule has 0 radical (unpaired) electrons. The molecule has 3 N–H and O–H groups in total. The number of halogens is 1. The lowest BCUT2D eigenvalue weighted by molar-refractivity contribution is 0.0943. The third-order valence-electron chi connectivity index (χ3n) is 2.19. The van der Waals surface area contributed by atoms with Crippen molar-refractivity contribution in [1.82, 2.24) is 5.32 Å². The maximum Gasteiger partial charge on any atom is 0.251 e. The average Bonchev–Trinajstić information content (AvgIpc) is 2.18. The summed E-state index contributed by atoms with van der Waals surface area (Å²) >= 11 is 0. The topological polar surface area (TPSA) is 89.3 Å². The molecule has 5 nitrogen and oxygen atoms in total. The maximum atomic E-state index is 13.1. The lowest BCUT2D eigenvalue weighted by Crippen LogP contribution is -2.37. The fourth-order valence-corrected chi connectivity index (χ4v) is 2.46. The van der Waals surface area contributed by atoms with E-state index in [1.807, 2.05) is 0 Å². The number of amides is 1. The molecule has 1 atom stereocenters. The van der Waals surface area contributed by atoms with Gasteiger partial charge in [-0.15, -0.1) is 0 Å². The monoisotopic (exact) mass is 274 g/mol. The largest absolute Gasteiger partial charge is 0.396 e. The fourth-order valence-electron chi connectivity index (χ4n) is 1.47. The third kappa shape index (κ3) is 4.33. The van der Waals surface area contributed by atoms with Gasteiger partial charge in [0.1, 0.15) is 15.7 Å². The SMILES string of the molecule is CC(CS(C)(=O)=O)NC(=O)c1ccc(N)c(F)c1. The second kappa shape index (κ2) is 5.34. The average molecular weight is 274 g/mol. The van der Waals surface area contributed by atoms with Crippen LogP contribution in [0.25, 0.3) is 0 Å². The molecule has 0 heterocycles. The van der Waals surface area contributed by atoms with E-state index in [9.17, 15) is 17.6 Å². The summed E-state index contributed by atoms with van der Waals surface area (Å²) in [6.45, 7) is 1.56. The first-order chi connectivity index (χ1) is 8.19. The lowest BCUT2D eigenvalue weighted by atomic mass is 10.2. The van der Waals surface area contributed by atoms with E-state index in [1.54, 1.807) is 6.92 Å². The molecule has 0 saturated heterocycles. The minimum absolute atomic E-state index is 0.0456. The van der Waals surface area contributed by atoms with Crippen LogP contribution in [-0.2, 0) is 9.84 Å². The Morgan fingerprint density at radius 1 is 1.50 bits per heavy atom. The van der Waals surface area contributed by atoms with Crippen LogP contribution in [0.5, 0.6) is 0 Å². The second-order valence-corrected chi connectivity index (χ2v) is 6.39. The van der Waals surface area contributed by atoms with E-state index in [1.165, 1.54) is 12.1 Å². The molecule has 0 aromatic heterocycles. The van der Waals surface area contributed by atoms with Gasteiger partial charge in [-0.1, -0.05) is 0 Å². The van der Waals surface area contributed by atoms with Crippen LogP contribution in [0.15, 0.2) is 18.2 Å². The van der Waals surface area contributed by atoms with Crippen molar-refractivity contribution < 1.29 is 17.6 Å². The van der Waals surface area contributed by atoms with Crippen LogP contribution >= 0.6 is 0 Å². The normalized spacial score (nSPS) is 13.1. The van der Waals surface area contributed by atoms with Crippen LogP contribution in [0.3, 0.4) is 0 Å². The Morgan fingerprint density at radius 2 is 2.11 bits per heavy atom. The van der Waals surface area contributed by atoms with Crippen LogP contribution in [0, 0.1) is 5.82 Å². The van der Waals surface area contributed by atoms with Crippen LogP contribution in [0.2, 0.25) is 0 Å². The number of carbonyl (C=O) groups is 1. The summed E-state index contributed by atoms with van der Waals surface area (Å²) in [5.41, 5.74) is 5.34.